The van der Waals surface area contributed by atoms with Crippen LogP contribution in [0, 0.1) is 5.41 Å². The number of hydrogen-bond acceptors (Lipinski definition) is 7. The number of carbonyl (C=O) groups is 1. The number of hydrogen-bond donors (Lipinski definition) is 2. The topological polar surface area (TPSA) is 88.6 Å². The van der Waals surface area contributed by atoms with E-state index in [-0.39, 0.29) is 29.6 Å². The van der Waals surface area contributed by atoms with Crippen molar-refractivity contribution in [2.45, 2.75) is 43.9 Å². The van der Waals surface area contributed by atoms with Gasteiger partial charge in [-0.25, -0.2) is 4.98 Å². The Hall–Kier alpha value is -1.93. The van der Waals surface area contributed by atoms with Crippen molar-refractivity contribution >= 4 is 17.7 Å². The van der Waals surface area contributed by atoms with Gasteiger partial charge in [0.25, 0.3) is 0 Å². The van der Waals surface area contributed by atoms with Gasteiger partial charge in [0.1, 0.15) is 11.9 Å². The van der Waals surface area contributed by atoms with E-state index < -0.39 is 0 Å². The summed E-state index contributed by atoms with van der Waals surface area (Å²) in [6.45, 7) is 2.06. The largest absolute Gasteiger partial charge is 0.377 e. The molecular formula is C18H27N5O3. The molecule has 1 spiro atoms. The number of anilines is 2. The lowest BCUT2D eigenvalue weighted by Gasteiger charge is -2.36. The fourth-order valence-corrected chi connectivity index (χ4v) is 4.24. The standard InChI is InChI=1S/C18H27N5O3/c1-19-17-20-7-4-15(22-17)23-9-12(14(10-23)25-2)21-16(24)13-8-18(11-26-13)5-3-6-18/h4,7,12-14H,3,5-6,8-11H2,1-2H3,(H,21,24)(H,19,20,22)/t12-,13?,14+/m1/s1. The molecular weight excluding hydrogens is 334 g/mol. The molecule has 1 aromatic rings. The molecule has 1 saturated carbocycles. The van der Waals surface area contributed by atoms with E-state index in [0.717, 1.165) is 18.8 Å². The Kier molecular flexibility index (Phi) is 4.71. The van der Waals surface area contributed by atoms with E-state index in [1.165, 1.54) is 19.3 Å². The highest BCUT2D eigenvalue weighted by molar-refractivity contribution is 5.81. The van der Waals surface area contributed by atoms with Crippen LogP contribution in [0.25, 0.3) is 0 Å². The molecule has 0 aromatic carbocycles. The number of amides is 1. The van der Waals surface area contributed by atoms with Gasteiger partial charge in [0.15, 0.2) is 0 Å². The summed E-state index contributed by atoms with van der Waals surface area (Å²) < 4.78 is 11.4. The quantitative estimate of drug-likeness (QED) is 0.802. The first-order valence-corrected chi connectivity index (χ1v) is 9.33. The van der Waals surface area contributed by atoms with E-state index in [9.17, 15) is 4.79 Å². The van der Waals surface area contributed by atoms with E-state index in [1.807, 2.05) is 6.07 Å². The summed E-state index contributed by atoms with van der Waals surface area (Å²) in [4.78, 5) is 23.4. The molecule has 8 nitrogen and oxygen atoms in total. The molecule has 0 bridgehead atoms. The van der Waals surface area contributed by atoms with Crippen LogP contribution in [0.4, 0.5) is 11.8 Å². The first-order valence-electron chi connectivity index (χ1n) is 9.33. The minimum absolute atomic E-state index is 0.0127. The van der Waals surface area contributed by atoms with Crippen LogP contribution in [0.3, 0.4) is 0 Å². The average Bonchev–Trinajstić information content (AvgIpc) is 3.26. The van der Waals surface area contributed by atoms with Crippen molar-refractivity contribution in [3.05, 3.63) is 12.3 Å². The van der Waals surface area contributed by atoms with Crippen molar-refractivity contribution in [3.8, 4) is 0 Å². The second kappa shape index (κ2) is 7.00. The Bertz CT molecular complexity index is 666. The fraction of sp³-hybridized carbons (Fsp3) is 0.722. The van der Waals surface area contributed by atoms with Gasteiger partial charge in [-0.05, 0) is 30.7 Å². The summed E-state index contributed by atoms with van der Waals surface area (Å²) >= 11 is 0. The van der Waals surface area contributed by atoms with Crippen LogP contribution >= 0.6 is 0 Å². The highest BCUT2D eigenvalue weighted by atomic mass is 16.5. The number of carbonyl (C=O) groups excluding carboxylic acids is 1. The zero-order valence-electron chi connectivity index (χ0n) is 15.4. The lowest BCUT2D eigenvalue weighted by Crippen LogP contribution is -2.47. The normalized spacial score (nSPS) is 29.6. The van der Waals surface area contributed by atoms with Gasteiger partial charge < -0.3 is 25.0 Å². The number of nitrogens with zero attached hydrogens (tertiary/aromatic N) is 3. The number of aromatic nitrogens is 2. The van der Waals surface area contributed by atoms with E-state index in [0.29, 0.717) is 19.0 Å². The molecule has 26 heavy (non-hydrogen) atoms. The Morgan fingerprint density at radius 3 is 2.92 bits per heavy atom. The Morgan fingerprint density at radius 2 is 2.27 bits per heavy atom. The van der Waals surface area contributed by atoms with E-state index in [4.69, 9.17) is 9.47 Å². The zero-order chi connectivity index (χ0) is 18.1. The molecule has 3 atom stereocenters. The Labute approximate surface area is 153 Å². The van der Waals surface area contributed by atoms with E-state index in [1.54, 1.807) is 20.4 Å². The zero-order valence-corrected chi connectivity index (χ0v) is 15.4. The van der Waals surface area contributed by atoms with Gasteiger partial charge in [-0.2, -0.15) is 4.98 Å². The second-order valence-corrected chi connectivity index (χ2v) is 7.64. The van der Waals surface area contributed by atoms with Gasteiger partial charge >= 0.3 is 0 Å². The van der Waals surface area contributed by atoms with Gasteiger partial charge in [0, 0.05) is 33.4 Å². The summed E-state index contributed by atoms with van der Waals surface area (Å²) in [6, 6.07) is 1.79. The Morgan fingerprint density at radius 1 is 1.42 bits per heavy atom. The summed E-state index contributed by atoms with van der Waals surface area (Å²) in [5.41, 5.74) is 0.273. The number of methoxy groups -OCH3 is 1. The summed E-state index contributed by atoms with van der Waals surface area (Å²) in [5.74, 6) is 1.39. The molecule has 4 rings (SSSR count). The highest BCUT2D eigenvalue weighted by Gasteiger charge is 2.47. The van der Waals surface area contributed by atoms with Crippen LogP contribution in [0.5, 0.6) is 0 Å². The summed E-state index contributed by atoms with van der Waals surface area (Å²) in [6.07, 6.45) is 5.82. The molecule has 1 unspecified atom stereocenters. The molecule has 1 aliphatic carbocycles. The van der Waals surface area contributed by atoms with Gasteiger partial charge in [0.05, 0.1) is 18.8 Å². The number of ether oxygens (including phenoxy) is 2. The SMILES string of the molecule is CNc1nccc(N2C[C@H](OC)[C@H](NC(=O)C3CC4(CCC4)CO3)C2)n1. The predicted molar refractivity (Wildman–Crippen MR) is 97.2 cm³/mol. The minimum Gasteiger partial charge on any atom is -0.377 e. The van der Waals surface area contributed by atoms with Crippen molar-refractivity contribution < 1.29 is 14.3 Å². The molecule has 2 aliphatic heterocycles. The number of nitrogens with one attached hydrogen (secondary N) is 2. The average molecular weight is 361 g/mol. The number of rotatable bonds is 5. The molecule has 3 fully saturated rings. The van der Waals surface area contributed by atoms with Crippen LogP contribution in [-0.4, -0.2) is 68.0 Å². The van der Waals surface area contributed by atoms with Crippen molar-refractivity contribution in [2.75, 3.05) is 44.1 Å². The maximum absolute atomic E-state index is 12.7. The molecule has 3 heterocycles. The van der Waals surface area contributed by atoms with Crippen LogP contribution in [0.2, 0.25) is 0 Å². The second-order valence-electron chi connectivity index (χ2n) is 7.64. The molecule has 2 saturated heterocycles. The first kappa shape index (κ1) is 17.5. The fourth-order valence-electron chi connectivity index (χ4n) is 4.24. The van der Waals surface area contributed by atoms with Crippen LogP contribution in [-0.2, 0) is 14.3 Å². The van der Waals surface area contributed by atoms with Crippen molar-refractivity contribution in [2.24, 2.45) is 5.41 Å². The van der Waals surface area contributed by atoms with Crippen LogP contribution < -0.4 is 15.5 Å². The third-order valence-electron chi connectivity index (χ3n) is 6.00. The van der Waals surface area contributed by atoms with Gasteiger partial charge in [-0.3, -0.25) is 4.79 Å². The smallest absolute Gasteiger partial charge is 0.249 e. The van der Waals surface area contributed by atoms with Crippen molar-refractivity contribution in [1.29, 1.82) is 0 Å². The van der Waals surface area contributed by atoms with Crippen molar-refractivity contribution in [3.63, 3.8) is 0 Å². The van der Waals surface area contributed by atoms with Gasteiger partial charge in [-0.15, -0.1) is 0 Å². The molecule has 1 amide bonds. The summed E-state index contributed by atoms with van der Waals surface area (Å²) in [5, 5.41) is 6.10. The molecule has 142 valence electrons. The predicted octanol–water partition coefficient (Wildman–Crippen LogP) is 0.797. The molecule has 3 aliphatic rings. The highest BCUT2D eigenvalue weighted by Crippen LogP contribution is 2.49. The molecule has 2 N–H and O–H groups in total. The van der Waals surface area contributed by atoms with Gasteiger partial charge in [0.2, 0.25) is 11.9 Å². The third kappa shape index (κ3) is 3.23. The van der Waals surface area contributed by atoms with Crippen LogP contribution in [0.1, 0.15) is 25.7 Å². The lowest BCUT2D eigenvalue weighted by molar-refractivity contribution is -0.131. The van der Waals surface area contributed by atoms with Crippen LogP contribution in [0.15, 0.2) is 12.3 Å². The summed E-state index contributed by atoms with van der Waals surface area (Å²) in [7, 11) is 3.47. The maximum atomic E-state index is 12.7. The first-order chi connectivity index (χ1) is 12.6. The minimum atomic E-state index is -0.322. The molecule has 8 heteroatoms. The van der Waals surface area contributed by atoms with E-state index in [2.05, 4.69) is 25.5 Å². The van der Waals surface area contributed by atoms with E-state index >= 15 is 0 Å². The maximum Gasteiger partial charge on any atom is 0.249 e. The third-order valence-corrected chi connectivity index (χ3v) is 6.00. The molecule has 1 aromatic heterocycles. The van der Waals surface area contributed by atoms with Crippen molar-refractivity contribution in [1.82, 2.24) is 15.3 Å². The lowest BCUT2D eigenvalue weighted by atomic mass is 9.67. The van der Waals surface area contributed by atoms with Gasteiger partial charge in [-0.1, -0.05) is 6.42 Å². The molecule has 0 radical (unpaired) electrons. The monoisotopic (exact) mass is 361 g/mol. The Balaban J connectivity index is 1.39.